The fourth-order valence-corrected chi connectivity index (χ4v) is 5.05. The van der Waals surface area contributed by atoms with Crippen LogP contribution in [0.25, 0.3) is 0 Å². The number of sulfonamides is 1. The molecule has 1 aliphatic heterocycles. The van der Waals surface area contributed by atoms with Crippen molar-refractivity contribution in [3.63, 3.8) is 0 Å². The summed E-state index contributed by atoms with van der Waals surface area (Å²) in [6.07, 6.45) is 1.52. The molecule has 3 aromatic rings. The lowest BCUT2D eigenvalue weighted by Gasteiger charge is -2.39. The molecular weight excluding hydrogens is 452 g/mol. The van der Waals surface area contributed by atoms with E-state index in [2.05, 4.69) is 14.5 Å². The van der Waals surface area contributed by atoms with Crippen LogP contribution in [0.4, 0.5) is 14.5 Å². The normalized spacial score (nSPS) is 16.0. The fraction of sp³-hybridized carbons (Fsp3) is 0.304. The largest absolute Gasteiger partial charge is 0.497 e. The van der Waals surface area contributed by atoms with Crippen molar-refractivity contribution in [1.82, 2.24) is 9.62 Å². The van der Waals surface area contributed by atoms with Crippen LogP contribution < -0.4 is 14.4 Å². The maximum absolute atomic E-state index is 14.0. The zero-order valence-electron chi connectivity index (χ0n) is 18.1. The summed E-state index contributed by atoms with van der Waals surface area (Å²) < 4.78 is 66.1. The van der Waals surface area contributed by atoms with Gasteiger partial charge in [-0.2, -0.15) is 0 Å². The lowest BCUT2D eigenvalue weighted by molar-refractivity contribution is 0.166. The third-order valence-corrected chi connectivity index (χ3v) is 7.15. The lowest BCUT2D eigenvalue weighted by Crippen LogP contribution is -2.49. The number of hydrogen-bond acceptors (Lipinski definition) is 6. The highest BCUT2D eigenvalue weighted by molar-refractivity contribution is 7.89. The van der Waals surface area contributed by atoms with Crippen LogP contribution in [0, 0.1) is 11.6 Å². The molecule has 0 spiro atoms. The van der Waals surface area contributed by atoms with E-state index < -0.39 is 32.6 Å². The first-order valence-electron chi connectivity index (χ1n) is 10.5. The van der Waals surface area contributed by atoms with Gasteiger partial charge in [-0.05, 0) is 54.6 Å². The van der Waals surface area contributed by atoms with Crippen molar-refractivity contribution in [2.24, 2.45) is 0 Å². The number of hydrogen-bond donors (Lipinski definition) is 1. The fourth-order valence-electron chi connectivity index (χ4n) is 3.92. The molecule has 4 rings (SSSR count). The average Bonchev–Trinajstić information content (AvgIpc) is 3.36. The molecule has 33 heavy (non-hydrogen) atoms. The van der Waals surface area contributed by atoms with Crippen LogP contribution in [0.1, 0.15) is 11.8 Å². The van der Waals surface area contributed by atoms with Crippen molar-refractivity contribution in [2.45, 2.75) is 10.9 Å². The second kappa shape index (κ2) is 9.90. The highest BCUT2D eigenvalue weighted by Gasteiger charge is 2.29. The van der Waals surface area contributed by atoms with Gasteiger partial charge in [-0.25, -0.2) is 21.9 Å². The Morgan fingerprint density at radius 3 is 2.42 bits per heavy atom. The van der Waals surface area contributed by atoms with Crippen molar-refractivity contribution in [3.05, 3.63) is 78.3 Å². The van der Waals surface area contributed by atoms with E-state index >= 15 is 0 Å². The van der Waals surface area contributed by atoms with Crippen LogP contribution in [0.3, 0.4) is 0 Å². The monoisotopic (exact) mass is 477 g/mol. The number of nitrogens with one attached hydrogen (secondary N) is 1. The lowest BCUT2D eigenvalue weighted by atomic mass is 10.1. The van der Waals surface area contributed by atoms with Crippen LogP contribution in [-0.4, -0.2) is 53.2 Å². The number of nitrogens with zero attached hydrogens (tertiary/aromatic N) is 2. The Morgan fingerprint density at radius 2 is 1.79 bits per heavy atom. The summed E-state index contributed by atoms with van der Waals surface area (Å²) in [7, 11) is -2.63. The van der Waals surface area contributed by atoms with Crippen molar-refractivity contribution >= 4 is 15.7 Å². The van der Waals surface area contributed by atoms with Crippen molar-refractivity contribution < 1.29 is 26.4 Å². The zero-order valence-corrected chi connectivity index (χ0v) is 18.9. The average molecular weight is 478 g/mol. The van der Waals surface area contributed by atoms with Crippen molar-refractivity contribution in [2.75, 3.05) is 44.7 Å². The minimum Gasteiger partial charge on any atom is -0.497 e. The van der Waals surface area contributed by atoms with E-state index in [1.54, 1.807) is 19.2 Å². The number of ether oxygens (including phenoxy) is 1. The van der Waals surface area contributed by atoms with Crippen LogP contribution in [0.2, 0.25) is 0 Å². The maximum atomic E-state index is 14.0. The highest BCUT2D eigenvalue weighted by Crippen LogP contribution is 2.26. The molecule has 1 atom stereocenters. The molecular formula is C23H25F2N3O4S. The number of furan rings is 1. The van der Waals surface area contributed by atoms with E-state index in [1.807, 2.05) is 24.3 Å². The van der Waals surface area contributed by atoms with Crippen LogP contribution in [0.5, 0.6) is 5.75 Å². The van der Waals surface area contributed by atoms with Gasteiger partial charge in [0.15, 0.2) is 0 Å². The van der Waals surface area contributed by atoms with E-state index in [0.29, 0.717) is 24.9 Å². The third-order valence-electron chi connectivity index (χ3n) is 5.71. The molecule has 0 saturated carbocycles. The molecule has 1 N–H and O–H groups in total. The van der Waals surface area contributed by atoms with Gasteiger partial charge >= 0.3 is 0 Å². The molecule has 0 unspecified atom stereocenters. The van der Waals surface area contributed by atoms with Crippen LogP contribution in [-0.2, 0) is 10.0 Å². The van der Waals surface area contributed by atoms with Crippen LogP contribution >= 0.6 is 0 Å². The van der Waals surface area contributed by atoms with Gasteiger partial charge in [0.05, 0.1) is 19.4 Å². The number of halogens is 2. The van der Waals surface area contributed by atoms with Crippen molar-refractivity contribution in [3.8, 4) is 5.75 Å². The quantitative estimate of drug-likeness (QED) is 0.536. The Kier molecular flexibility index (Phi) is 6.96. The molecule has 176 valence electrons. The second-order valence-electron chi connectivity index (χ2n) is 7.68. The molecule has 1 aromatic heterocycles. The molecule has 7 nitrogen and oxygen atoms in total. The standard InChI is InChI=1S/C23H25F2N3O4S/c1-31-19-7-5-18(6-8-19)27-10-12-28(13-11-27)21(22-3-2-14-32-22)16-26-33(29,30)23-15-17(24)4-9-20(23)25/h2-9,14-15,21,26H,10-13,16H2,1H3/t21-/m0/s1. The first kappa shape index (κ1) is 23.2. The molecule has 1 aliphatic rings. The predicted octanol–water partition coefficient (Wildman–Crippen LogP) is 3.41. The molecule has 0 radical (unpaired) electrons. The molecule has 10 heteroatoms. The van der Waals surface area contributed by atoms with Gasteiger partial charge in [0.25, 0.3) is 0 Å². The van der Waals surface area contributed by atoms with Gasteiger partial charge in [0.1, 0.15) is 28.0 Å². The SMILES string of the molecule is COc1ccc(N2CCN([C@@H](CNS(=O)(=O)c3cc(F)ccc3F)c3ccco3)CC2)cc1. The molecule has 2 heterocycles. The Bertz CT molecular complexity index is 1160. The number of anilines is 1. The smallest absolute Gasteiger partial charge is 0.243 e. The highest BCUT2D eigenvalue weighted by atomic mass is 32.2. The zero-order chi connectivity index (χ0) is 23.4. The topological polar surface area (TPSA) is 75.0 Å². The molecule has 0 aliphatic carbocycles. The number of methoxy groups -OCH3 is 1. The number of benzene rings is 2. The van der Waals surface area contributed by atoms with Gasteiger partial charge in [-0.1, -0.05) is 0 Å². The van der Waals surface area contributed by atoms with E-state index in [1.165, 1.54) is 6.26 Å². The van der Waals surface area contributed by atoms with Crippen molar-refractivity contribution in [1.29, 1.82) is 0 Å². The Balaban J connectivity index is 1.46. The molecule has 1 saturated heterocycles. The van der Waals surface area contributed by atoms with E-state index in [4.69, 9.17) is 9.15 Å². The second-order valence-corrected chi connectivity index (χ2v) is 9.41. The predicted molar refractivity (Wildman–Crippen MR) is 120 cm³/mol. The summed E-state index contributed by atoms with van der Waals surface area (Å²) in [6, 6.07) is 13.3. The summed E-state index contributed by atoms with van der Waals surface area (Å²) in [6.45, 7) is 2.73. The first-order chi connectivity index (χ1) is 15.9. The number of rotatable bonds is 8. The minimum absolute atomic E-state index is 0.0473. The maximum Gasteiger partial charge on any atom is 0.243 e. The minimum atomic E-state index is -4.25. The summed E-state index contributed by atoms with van der Waals surface area (Å²) in [4.78, 5) is 3.63. The summed E-state index contributed by atoms with van der Waals surface area (Å²) >= 11 is 0. The van der Waals surface area contributed by atoms with Gasteiger partial charge in [0.2, 0.25) is 10.0 Å². The first-order valence-corrected chi connectivity index (χ1v) is 12.0. The Morgan fingerprint density at radius 1 is 1.06 bits per heavy atom. The Hall–Kier alpha value is -2.95. The molecule has 0 bridgehead atoms. The van der Waals surface area contributed by atoms with Crippen LogP contribution in [0.15, 0.2) is 70.2 Å². The Labute approximate surface area is 191 Å². The molecule has 0 amide bonds. The van der Waals surface area contributed by atoms with E-state index in [0.717, 1.165) is 36.7 Å². The number of piperazine rings is 1. The summed E-state index contributed by atoms with van der Waals surface area (Å²) in [5.74, 6) is -0.451. The van der Waals surface area contributed by atoms with E-state index in [9.17, 15) is 17.2 Å². The van der Waals surface area contributed by atoms with Gasteiger partial charge in [0, 0.05) is 38.4 Å². The third kappa shape index (κ3) is 5.35. The van der Waals surface area contributed by atoms with Gasteiger partial charge in [-0.3, -0.25) is 4.90 Å². The van der Waals surface area contributed by atoms with E-state index in [-0.39, 0.29) is 6.54 Å². The van der Waals surface area contributed by atoms with Gasteiger partial charge in [-0.15, -0.1) is 0 Å². The summed E-state index contributed by atoms with van der Waals surface area (Å²) in [5.41, 5.74) is 1.08. The van der Waals surface area contributed by atoms with Gasteiger partial charge < -0.3 is 14.1 Å². The molecule has 1 fully saturated rings. The summed E-state index contributed by atoms with van der Waals surface area (Å²) in [5, 5.41) is 0. The molecule has 2 aromatic carbocycles.